The first-order valence-electron chi connectivity index (χ1n) is 7.79. The van der Waals surface area contributed by atoms with E-state index in [1.54, 1.807) is 24.1 Å². The molecule has 1 heterocycles. The molecule has 2 rings (SSSR count). The van der Waals surface area contributed by atoms with Crippen molar-refractivity contribution in [3.63, 3.8) is 0 Å². The van der Waals surface area contributed by atoms with Gasteiger partial charge in [0.15, 0.2) is 0 Å². The second-order valence-electron chi connectivity index (χ2n) is 5.93. The molecule has 1 amide bonds. The third kappa shape index (κ3) is 4.75. The van der Waals surface area contributed by atoms with Crippen LogP contribution in [0.3, 0.4) is 0 Å². The van der Waals surface area contributed by atoms with Crippen LogP contribution in [0.15, 0.2) is 24.3 Å². The van der Waals surface area contributed by atoms with Gasteiger partial charge in [0.2, 0.25) is 5.91 Å². The van der Waals surface area contributed by atoms with Gasteiger partial charge in [-0.3, -0.25) is 9.69 Å². The number of nitriles is 1. The Hall–Kier alpha value is -1.97. The molecule has 0 aliphatic carbocycles. The molecule has 1 aliphatic heterocycles. The largest absolute Gasteiger partial charge is 0.392 e. The van der Waals surface area contributed by atoms with Gasteiger partial charge in [0.05, 0.1) is 18.6 Å². The van der Waals surface area contributed by atoms with Gasteiger partial charge in [-0.1, -0.05) is 12.1 Å². The molecular formula is C17H22FN3O2. The summed E-state index contributed by atoms with van der Waals surface area (Å²) >= 11 is 0. The van der Waals surface area contributed by atoms with Gasteiger partial charge in [0, 0.05) is 39.1 Å². The van der Waals surface area contributed by atoms with E-state index < -0.39 is 6.10 Å². The number of hydrogen-bond acceptors (Lipinski definition) is 4. The molecule has 0 saturated carbocycles. The lowest BCUT2D eigenvalue weighted by Gasteiger charge is -2.25. The predicted octanol–water partition coefficient (Wildman–Crippen LogP) is 1.70. The molecule has 0 radical (unpaired) electrons. The zero-order valence-corrected chi connectivity index (χ0v) is 13.3. The lowest BCUT2D eigenvalue weighted by atomic mass is 10.0. The summed E-state index contributed by atoms with van der Waals surface area (Å²) in [6.45, 7) is 1.48. The number of nitrogens with zero attached hydrogens (tertiary/aromatic N) is 3. The van der Waals surface area contributed by atoms with Gasteiger partial charge in [0.25, 0.3) is 0 Å². The molecule has 6 heteroatoms. The number of aliphatic hydroxyl groups excluding tert-OH is 1. The van der Waals surface area contributed by atoms with Crippen LogP contribution < -0.4 is 0 Å². The topological polar surface area (TPSA) is 67.6 Å². The highest BCUT2D eigenvalue weighted by atomic mass is 19.1. The molecule has 0 bridgehead atoms. The van der Waals surface area contributed by atoms with Crippen molar-refractivity contribution in [3.8, 4) is 6.07 Å². The number of likely N-dealkylation sites (tertiary alicyclic amines) is 1. The molecule has 1 fully saturated rings. The molecule has 1 aromatic carbocycles. The molecule has 0 aromatic heterocycles. The molecule has 5 nitrogen and oxygen atoms in total. The Kier molecular flexibility index (Phi) is 6.08. The Morgan fingerprint density at radius 3 is 2.83 bits per heavy atom. The number of rotatable bonds is 6. The Balaban J connectivity index is 1.93. The van der Waals surface area contributed by atoms with Crippen LogP contribution in [0, 0.1) is 17.1 Å². The summed E-state index contributed by atoms with van der Waals surface area (Å²) in [4.78, 5) is 15.7. The smallest absolute Gasteiger partial charge is 0.223 e. The third-order valence-electron chi connectivity index (χ3n) is 4.23. The number of β-amino-alcohol motifs (C(OH)–C–C–N with tert-alkyl or cyclic N) is 1. The van der Waals surface area contributed by atoms with Gasteiger partial charge in [0.1, 0.15) is 5.82 Å². The Morgan fingerprint density at radius 1 is 1.48 bits per heavy atom. The lowest BCUT2D eigenvalue weighted by molar-refractivity contribution is -0.130. The molecule has 1 N–H and O–H groups in total. The van der Waals surface area contributed by atoms with E-state index in [-0.39, 0.29) is 17.8 Å². The van der Waals surface area contributed by atoms with Gasteiger partial charge < -0.3 is 10.0 Å². The molecule has 1 aromatic rings. The quantitative estimate of drug-likeness (QED) is 0.866. The molecule has 2 unspecified atom stereocenters. The van der Waals surface area contributed by atoms with Gasteiger partial charge in [-0.2, -0.15) is 5.26 Å². The maximum absolute atomic E-state index is 13.1. The first-order chi connectivity index (χ1) is 11.0. The van der Waals surface area contributed by atoms with Crippen molar-refractivity contribution in [1.29, 1.82) is 5.26 Å². The highest BCUT2D eigenvalue weighted by molar-refractivity contribution is 5.76. The second-order valence-corrected chi connectivity index (χ2v) is 5.93. The average molecular weight is 319 g/mol. The Labute approximate surface area is 135 Å². The van der Waals surface area contributed by atoms with Crippen molar-refractivity contribution in [1.82, 2.24) is 9.80 Å². The Bertz CT molecular complexity index is 570. The molecule has 2 atom stereocenters. The first-order valence-corrected chi connectivity index (χ1v) is 7.79. The number of halogens is 1. The highest BCUT2D eigenvalue weighted by Gasteiger charge is 2.32. The van der Waals surface area contributed by atoms with Crippen LogP contribution in [0.5, 0.6) is 0 Å². The summed E-state index contributed by atoms with van der Waals surface area (Å²) in [6, 6.07) is 8.31. The molecule has 124 valence electrons. The Morgan fingerprint density at radius 2 is 2.17 bits per heavy atom. The second kappa shape index (κ2) is 8.04. The van der Waals surface area contributed by atoms with E-state index in [1.807, 2.05) is 6.07 Å². The van der Waals surface area contributed by atoms with E-state index in [0.29, 0.717) is 38.9 Å². The van der Waals surface area contributed by atoms with Crippen LogP contribution >= 0.6 is 0 Å². The zero-order chi connectivity index (χ0) is 16.8. The summed E-state index contributed by atoms with van der Waals surface area (Å²) in [6.07, 6.45) is 0.815. The van der Waals surface area contributed by atoms with Gasteiger partial charge >= 0.3 is 0 Å². The minimum atomic E-state index is -0.434. The summed E-state index contributed by atoms with van der Waals surface area (Å²) in [5, 5.41) is 18.5. The van der Waals surface area contributed by atoms with E-state index in [2.05, 4.69) is 4.90 Å². The van der Waals surface area contributed by atoms with Crippen molar-refractivity contribution in [2.24, 2.45) is 0 Å². The fourth-order valence-corrected chi connectivity index (χ4v) is 2.93. The number of amides is 1. The van der Waals surface area contributed by atoms with Crippen molar-refractivity contribution in [2.75, 3.05) is 26.7 Å². The summed E-state index contributed by atoms with van der Waals surface area (Å²) in [5.41, 5.74) is 0.952. The molecule has 1 aliphatic rings. The van der Waals surface area contributed by atoms with E-state index in [1.165, 1.54) is 12.1 Å². The summed E-state index contributed by atoms with van der Waals surface area (Å²) in [5.74, 6) is -0.298. The van der Waals surface area contributed by atoms with Crippen LogP contribution in [0.1, 0.15) is 30.9 Å². The van der Waals surface area contributed by atoms with Crippen molar-refractivity contribution < 1.29 is 14.3 Å². The maximum Gasteiger partial charge on any atom is 0.223 e. The first kappa shape index (κ1) is 17.4. The van der Waals surface area contributed by atoms with Gasteiger partial charge in [-0.25, -0.2) is 4.39 Å². The average Bonchev–Trinajstić information content (AvgIpc) is 2.91. The molecule has 0 spiro atoms. The number of hydrogen-bond donors (Lipinski definition) is 1. The van der Waals surface area contributed by atoms with Crippen molar-refractivity contribution >= 4 is 5.91 Å². The van der Waals surface area contributed by atoms with E-state index >= 15 is 0 Å². The highest BCUT2D eigenvalue weighted by Crippen LogP contribution is 2.32. The van der Waals surface area contributed by atoms with E-state index in [4.69, 9.17) is 5.26 Å². The van der Waals surface area contributed by atoms with E-state index in [9.17, 15) is 14.3 Å². The lowest BCUT2D eigenvalue weighted by Crippen LogP contribution is -2.33. The van der Waals surface area contributed by atoms with Gasteiger partial charge in [-0.05, 0) is 24.1 Å². The van der Waals surface area contributed by atoms with Crippen LogP contribution in [0.25, 0.3) is 0 Å². The number of carbonyl (C=O) groups excluding carboxylic acids is 1. The fourth-order valence-electron chi connectivity index (χ4n) is 2.93. The normalized spacial score (nSPS) is 21.1. The molecule has 1 saturated heterocycles. The van der Waals surface area contributed by atoms with Crippen LogP contribution in [0.2, 0.25) is 0 Å². The molecule has 23 heavy (non-hydrogen) atoms. The maximum atomic E-state index is 13.1. The van der Waals surface area contributed by atoms with Crippen molar-refractivity contribution in [2.45, 2.75) is 31.4 Å². The van der Waals surface area contributed by atoms with Gasteiger partial charge in [-0.15, -0.1) is 0 Å². The number of benzene rings is 1. The summed E-state index contributed by atoms with van der Waals surface area (Å²) in [7, 11) is 1.69. The van der Waals surface area contributed by atoms with Crippen LogP contribution in [-0.2, 0) is 4.79 Å². The van der Waals surface area contributed by atoms with Crippen LogP contribution in [-0.4, -0.2) is 53.6 Å². The zero-order valence-electron chi connectivity index (χ0n) is 13.3. The minimum absolute atomic E-state index is 0.00261. The van der Waals surface area contributed by atoms with E-state index in [0.717, 1.165) is 5.56 Å². The number of carbonyl (C=O) groups is 1. The number of aliphatic hydroxyl groups is 1. The summed E-state index contributed by atoms with van der Waals surface area (Å²) < 4.78 is 13.1. The minimum Gasteiger partial charge on any atom is -0.392 e. The van der Waals surface area contributed by atoms with Crippen molar-refractivity contribution in [3.05, 3.63) is 35.6 Å². The standard InChI is InChI=1S/C17H22FN3O2/c1-20(9-2-8-19)17(23)7-10-21-12-15(22)11-16(21)13-3-5-14(18)6-4-13/h3-6,15-16,22H,2,7,9-12H2,1H3. The fraction of sp³-hybridized carbons (Fsp3) is 0.529. The third-order valence-corrected chi connectivity index (χ3v) is 4.23. The molecular weight excluding hydrogens is 297 g/mol. The predicted molar refractivity (Wildman–Crippen MR) is 83.8 cm³/mol. The SMILES string of the molecule is CN(CCC#N)C(=O)CCN1CC(O)CC1c1ccc(F)cc1. The van der Waals surface area contributed by atoms with Crippen LogP contribution in [0.4, 0.5) is 4.39 Å². The monoisotopic (exact) mass is 319 g/mol.